The zero-order valence-corrected chi connectivity index (χ0v) is 38.5. The third kappa shape index (κ3) is 42.6. The molecule has 0 saturated heterocycles. The Morgan fingerprint density at radius 3 is 1.14 bits per heavy atom. The van der Waals surface area contributed by atoms with E-state index in [2.05, 4.69) is 13.8 Å². The van der Waals surface area contributed by atoms with Gasteiger partial charge in [-0.2, -0.15) is 0 Å². The number of likely N-dealkylation sites (N-methyl/N-ethyl adjacent to an activating group) is 1. The van der Waals surface area contributed by atoms with Crippen molar-refractivity contribution in [3.05, 3.63) is 0 Å². The molecule has 334 valence electrons. The summed E-state index contributed by atoms with van der Waals surface area (Å²) < 4.78 is 34.0. The van der Waals surface area contributed by atoms with E-state index in [0.717, 1.165) is 32.1 Å². The van der Waals surface area contributed by atoms with Crippen LogP contribution in [0.15, 0.2) is 0 Å². The second-order valence-corrected chi connectivity index (χ2v) is 18.9. The summed E-state index contributed by atoms with van der Waals surface area (Å²) in [7, 11) is 1.18. The topological polar surface area (TPSA) is 111 Å². The van der Waals surface area contributed by atoms with E-state index in [1.807, 2.05) is 21.1 Å². The summed E-state index contributed by atoms with van der Waals surface area (Å²) in [6, 6.07) is 0. The molecule has 0 aliphatic carbocycles. The van der Waals surface area contributed by atoms with Crippen molar-refractivity contribution in [3.63, 3.8) is 0 Å². The molecule has 0 aromatic heterocycles. The largest absolute Gasteiger partial charge is 0.756 e. The van der Waals surface area contributed by atoms with Gasteiger partial charge in [-0.1, -0.05) is 206 Å². The molecule has 0 fully saturated rings. The van der Waals surface area contributed by atoms with Gasteiger partial charge < -0.3 is 27.9 Å². The predicted molar refractivity (Wildman–Crippen MR) is 232 cm³/mol. The van der Waals surface area contributed by atoms with E-state index >= 15 is 0 Å². The zero-order chi connectivity index (χ0) is 41.4. The van der Waals surface area contributed by atoms with E-state index < -0.39 is 26.5 Å². The molecule has 0 amide bonds. The Hall–Kier alpha value is -0.990. The SMILES string of the molecule is CCCCCCCCCCCCCCCCCCCCCC(=O)OCC(COP(=O)([O-])OCC[N+](C)(C)C)OC(=O)CCCCCCCCCCCCCCC. The van der Waals surface area contributed by atoms with Crippen LogP contribution in [0.25, 0.3) is 0 Å². The fraction of sp³-hybridized carbons (Fsp3) is 0.957. The first kappa shape index (κ1) is 55.0. The van der Waals surface area contributed by atoms with Gasteiger partial charge in [0.15, 0.2) is 6.10 Å². The number of carbonyl (C=O) groups excluding carboxylic acids is 2. The van der Waals surface area contributed by atoms with Crippen molar-refractivity contribution in [2.45, 2.75) is 238 Å². The molecule has 0 radical (unpaired) electrons. The molecule has 0 aliphatic heterocycles. The highest BCUT2D eigenvalue weighted by Gasteiger charge is 2.21. The molecule has 0 bridgehead atoms. The average Bonchev–Trinajstić information content (AvgIpc) is 3.15. The van der Waals surface area contributed by atoms with Gasteiger partial charge in [0.1, 0.15) is 19.8 Å². The van der Waals surface area contributed by atoms with Gasteiger partial charge in [-0.3, -0.25) is 14.2 Å². The van der Waals surface area contributed by atoms with Crippen molar-refractivity contribution < 1.29 is 42.1 Å². The van der Waals surface area contributed by atoms with E-state index in [9.17, 15) is 19.0 Å². The summed E-state index contributed by atoms with van der Waals surface area (Å²) in [6.07, 6.45) is 39.8. The number of phosphoric acid groups is 1. The predicted octanol–water partition coefficient (Wildman–Crippen LogP) is 13.0. The quantitative estimate of drug-likeness (QED) is 0.0259. The third-order valence-electron chi connectivity index (χ3n) is 10.6. The van der Waals surface area contributed by atoms with Gasteiger partial charge in [0.2, 0.25) is 0 Å². The maximum absolute atomic E-state index is 12.7. The molecule has 0 aromatic carbocycles. The number of hydrogen-bond acceptors (Lipinski definition) is 8. The number of nitrogens with zero attached hydrogens (tertiary/aromatic N) is 1. The van der Waals surface area contributed by atoms with Gasteiger partial charge in [0, 0.05) is 12.8 Å². The molecule has 9 nitrogen and oxygen atoms in total. The number of hydrogen-bond donors (Lipinski definition) is 0. The summed E-state index contributed by atoms with van der Waals surface area (Å²) in [5, 5.41) is 0. The van der Waals surface area contributed by atoms with Crippen molar-refractivity contribution in [1.29, 1.82) is 0 Å². The molecule has 0 N–H and O–H groups in total. The van der Waals surface area contributed by atoms with Crippen molar-refractivity contribution in [3.8, 4) is 0 Å². The molecule has 0 spiro atoms. The summed E-state index contributed by atoms with van der Waals surface area (Å²) in [5.41, 5.74) is 0. The van der Waals surface area contributed by atoms with Crippen LogP contribution in [0, 0.1) is 0 Å². The summed E-state index contributed by atoms with van der Waals surface area (Å²) in [6.45, 7) is 4.27. The van der Waals surface area contributed by atoms with Crippen molar-refractivity contribution in [1.82, 2.24) is 0 Å². The Kier molecular flexibility index (Phi) is 38.8. The highest BCUT2D eigenvalue weighted by molar-refractivity contribution is 7.45. The first-order valence-corrected chi connectivity index (χ1v) is 25.2. The Balaban J connectivity index is 4.22. The van der Waals surface area contributed by atoms with Crippen LogP contribution in [0.4, 0.5) is 0 Å². The first-order valence-electron chi connectivity index (χ1n) is 23.7. The smallest absolute Gasteiger partial charge is 0.306 e. The normalized spacial score (nSPS) is 13.5. The lowest BCUT2D eigenvalue weighted by molar-refractivity contribution is -0.870. The number of rotatable bonds is 44. The minimum Gasteiger partial charge on any atom is -0.756 e. The molecule has 0 aromatic rings. The Bertz CT molecular complexity index is 927. The van der Waals surface area contributed by atoms with Crippen LogP contribution in [-0.2, 0) is 32.7 Å². The van der Waals surface area contributed by atoms with Gasteiger partial charge in [0.25, 0.3) is 7.82 Å². The summed E-state index contributed by atoms with van der Waals surface area (Å²) >= 11 is 0. The van der Waals surface area contributed by atoms with Crippen LogP contribution >= 0.6 is 7.82 Å². The van der Waals surface area contributed by atoms with Crippen LogP contribution in [0.3, 0.4) is 0 Å². The lowest BCUT2D eigenvalue weighted by atomic mass is 10.0. The lowest BCUT2D eigenvalue weighted by Gasteiger charge is -2.28. The van der Waals surface area contributed by atoms with E-state index in [0.29, 0.717) is 17.4 Å². The molecule has 0 aliphatic rings. The van der Waals surface area contributed by atoms with E-state index in [1.54, 1.807) is 0 Å². The molecular formula is C46H92NO8P. The Morgan fingerprint density at radius 2 is 0.804 bits per heavy atom. The Morgan fingerprint density at radius 1 is 0.482 bits per heavy atom. The van der Waals surface area contributed by atoms with E-state index in [-0.39, 0.29) is 32.0 Å². The van der Waals surface area contributed by atoms with Crippen LogP contribution in [0.5, 0.6) is 0 Å². The fourth-order valence-corrected chi connectivity index (χ4v) is 7.62. The third-order valence-corrected chi connectivity index (χ3v) is 11.6. The summed E-state index contributed by atoms with van der Waals surface area (Å²) in [5.74, 6) is -0.817. The van der Waals surface area contributed by atoms with E-state index in [1.165, 1.54) is 167 Å². The molecular weight excluding hydrogens is 725 g/mol. The zero-order valence-electron chi connectivity index (χ0n) is 37.6. The minimum atomic E-state index is -4.62. The van der Waals surface area contributed by atoms with Crippen molar-refractivity contribution in [2.75, 3.05) is 47.5 Å². The lowest BCUT2D eigenvalue weighted by Crippen LogP contribution is -2.37. The number of ether oxygens (including phenoxy) is 2. The van der Waals surface area contributed by atoms with Gasteiger partial charge in [0.05, 0.1) is 27.7 Å². The molecule has 56 heavy (non-hydrogen) atoms. The first-order chi connectivity index (χ1) is 27.0. The highest BCUT2D eigenvalue weighted by atomic mass is 31.2. The molecule has 0 heterocycles. The van der Waals surface area contributed by atoms with Gasteiger partial charge in [-0.05, 0) is 12.8 Å². The van der Waals surface area contributed by atoms with Crippen LogP contribution in [0.1, 0.15) is 232 Å². The fourth-order valence-electron chi connectivity index (χ4n) is 6.89. The van der Waals surface area contributed by atoms with Crippen molar-refractivity contribution >= 4 is 19.8 Å². The van der Waals surface area contributed by atoms with Crippen LogP contribution in [0.2, 0.25) is 0 Å². The minimum absolute atomic E-state index is 0.0256. The van der Waals surface area contributed by atoms with Crippen LogP contribution < -0.4 is 4.89 Å². The molecule has 0 saturated carbocycles. The molecule has 0 rings (SSSR count). The van der Waals surface area contributed by atoms with Crippen molar-refractivity contribution in [2.24, 2.45) is 0 Å². The van der Waals surface area contributed by atoms with Gasteiger partial charge >= 0.3 is 11.9 Å². The standard InChI is InChI=1S/C46H92NO8P/c1-6-8-10-12-14-16-18-20-21-22-23-24-25-27-28-30-32-34-36-38-45(48)52-42-44(43-54-56(50,51)53-41-40-47(3,4)5)55-46(49)39-37-35-33-31-29-26-19-17-15-13-11-9-7-2/h44H,6-43H2,1-5H3. The number of phosphoric ester groups is 1. The van der Waals surface area contributed by atoms with E-state index in [4.69, 9.17) is 18.5 Å². The molecule has 10 heteroatoms. The number of quaternary nitrogens is 1. The average molecular weight is 818 g/mol. The second-order valence-electron chi connectivity index (χ2n) is 17.5. The monoisotopic (exact) mass is 818 g/mol. The maximum atomic E-state index is 12.7. The van der Waals surface area contributed by atoms with Crippen LogP contribution in [-0.4, -0.2) is 70.0 Å². The Labute approximate surface area is 346 Å². The molecule has 2 atom stereocenters. The number of esters is 2. The number of carbonyl (C=O) groups is 2. The number of unbranched alkanes of at least 4 members (excludes halogenated alkanes) is 30. The molecule has 2 unspecified atom stereocenters. The summed E-state index contributed by atoms with van der Waals surface area (Å²) in [4.78, 5) is 37.6. The second kappa shape index (κ2) is 39.5. The van der Waals surface area contributed by atoms with Gasteiger partial charge in [-0.15, -0.1) is 0 Å². The maximum Gasteiger partial charge on any atom is 0.306 e. The highest BCUT2D eigenvalue weighted by Crippen LogP contribution is 2.38. The van der Waals surface area contributed by atoms with Gasteiger partial charge in [-0.25, -0.2) is 0 Å².